The molecule has 1 unspecified atom stereocenters. The zero-order valence-electron chi connectivity index (χ0n) is 19.1. The lowest BCUT2D eigenvalue weighted by molar-refractivity contribution is -0.141. The lowest BCUT2D eigenvalue weighted by Crippen LogP contribution is -2.46. The van der Waals surface area contributed by atoms with Crippen molar-refractivity contribution in [2.45, 2.75) is 24.3 Å². The van der Waals surface area contributed by atoms with E-state index in [1.165, 1.54) is 32.0 Å². The summed E-state index contributed by atoms with van der Waals surface area (Å²) in [5, 5.41) is 22.6. The van der Waals surface area contributed by atoms with Crippen LogP contribution in [0, 0.1) is 0 Å². The standard InChI is InChI=1S/C21H22N6O8S2/c1-11(19(21(34)35)27-18(31)5-3-16(29)13-7-23-10-25-13)37-36-8-14(20(32)33)26-17(30)4-2-15(28)12-6-22-9-24-12/h2-7,9-11,14,19H,8H2,1H3,(H,22,24)(H,23,25)(H,26,30)(H,27,31)(H,32,33)(H,34,35)/t11?,14-,19-/m0/s1. The third-order valence-electron chi connectivity index (χ3n) is 4.40. The lowest BCUT2D eigenvalue weighted by Gasteiger charge is -2.20. The highest BCUT2D eigenvalue weighted by atomic mass is 33.1. The number of carbonyl (C=O) groups excluding carboxylic acids is 4. The van der Waals surface area contributed by atoms with Crippen LogP contribution >= 0.6 is 21.6 Å². The summed E-state index contributed by atoms with van der Waals surface area (Å²) >= 11 is 0. The highest BCUT2D eigenvalue weighted by Gasteiger charge is 2.28. The predicted octanol–water partition coefficient (Wildman–Crippen LogP) is 0.220. The molecule has 0 saturated carbocycles. The van der Waals surface area contributed by atoms with Gasteiger partial charge in [-0.15, -0.1) is 0 Å². The second-order valence-electron chi connectivity index (χ2n) is 7.14. The van der Waals surface area contributed by atoms with E-state index in [1.807, 2.05) is 0 Å². The van der Waals surface area contributed by atoms with Crippen LogP contribution in [0.2, 0.25) is 0 Å². The molecule has 0 aliphatic carbocycles. The number of ketones is 2. The second-order valence-corrected chi connectivity index (χ2v) is 9.93. The van der Waals surface area contributed by atoms with E-state index >= 15 is 0 Å². The van der Waals surface area contributed by atoms with Gasteiger partial charge in [0.05, 0.1) is 25.0 Å². The molecule has 0 fully saturated rings. The van der Waals surface area contributed by atoms with Crippen LogP contribution in [0.5, 0.6) is 0 Å². The minimum atomic E-state index is -1.36. The van der Waals surface area contributed by atoms with Crippen LogP contribution in [0.4, 0.5) is 0 Å². The largest absolute Gasteiger partial charge is 0.480 e. The molecule has 3 atom stereocenters. The molecule has 0 radical (unpaired) electrons. The van der Waals surface area contributed by atoms with E-state index in [-0.39, 0.29) is 17.1 Å². The summed E-state index contributed by atoms with van der Waals surface area (Å²) in [7, 11) is 1.96. The van der Waals surface area contributed by atoms with Gasteiger partial charge in [-0.1, -0.05) is 21.6 Å². The zero-order chi connectivity index (χ0) is 27.4. The van der Waals surface area contributed by atoms with Crippen LogP contribution < -0.4 is 10.6 Å². The van der Waals surface area contributed by atoms with Crippen LogP contribution in [0.15, 0.2) is 49.4 Å². The maximum absolute atomic E-state index is 12.1. The molecule has 6 N–H and O–H groups in total. The number of rotatable bonds is 15. The molecule has 0 bridgehead atoms. The van der Waals surface area contributed by atoms with Gasteiger partial charge in [0.15, 0.2) is 0 Å². The Morgan fingerprint density at radius 3 is 1.81 bits per heavy atom. The molecule has 2 aromatic rings. The van der Waals surface area contributed by atoms with Gasteiger partial charge in [-0.25, -0.2) is 19.6 Å². The molecule has 0 aliphatic rings. The van der Waals surface area contributed by atoms with Crippen molar-refractivity contribution < 1.29 is 39.0 Å². The Morgan fingerprint density at radius 1 is 0.865 bits per heavy atom. The maximum atomic E-state index is 12.1. The Kier molecular flexibility index (Phi) is 11.3. The van der Waals surface area contributed by atoms with Crippen molar-refractivity contribution in [2.75, 3.05) is 5.75 Å². The van der Waals surface area contributed by atoms with Gasteiger partial charge < -0.3 is 30.8 Å². The van der Waals surface area contributed by atoms with Gasteiger partial charge in [0.2, 0.25) is 23.4 Å². The number of aromatic amines is 2. The Bertz CT molecular complexity index is 1180. The number of hydrogen-bond donors (Lipinski definition) is 6. The molecular weight excluding hydrogens is 528 g/mol. The monoisotopic (exact) mass is 550 g/mol. The Labute approximate surface area is 217 Å². The number of allylic oxidation sites excluding steroid dienone is 2. The van der Waals surface area contributed by atoms with E-state index in [0.717, 1.165) is 45.9 Å². The minimum Gasteiger partial charge on any atom is -0.480 e. The third kappa shape index (κ3) is 9.77. The number of carboxylic acids is 2. The van der Waals surface area contributed by atoms with E-state index < -0.39 is 52.7 Å². The lowest BCUT2D eigenvalue weighted by atomic mass is 10.2. The third-order valence-corrected chi connectivity index (χ3v) is 7.31. The summed E-state index contributed by atoms with van der Waals surface area (Å²) in [5.74, 6) is -5.50. The number of aliphatic carboxylic acids is 2. The fourth-order valence-electron chi connectivity index (χ4n) is 2.51. The van der Waals surface area contributed by atoms with Crippen molar-refractivity contribution in [3.63, 3.8) is 0 Å². The SMILES string of the molecule is CC(SSC[C@H](NC(=O)C=CC(=O)c1cnc[nH]1)C(=O)O)[C@H](NC(=O)C=CC(=O)c1cnc[nH]1)C(=O)O. The van der Waals surface area contributed by atoms with Crippen molar-refractivity contribution in [1.82, 2.24) is 30.6 Å². The molecule has 2 amide bonds. The predicted molar refractivity (Wildman–Crippen MR) is 133 cm³/mol. The van der Waals surface area contributed by atoms with E-state index in [4.69, 9.17) is 0 Å². The smallest absolute Gasteiger partial charge is 0.327 e. The summed E-state index contributed by atoms with van der Waals surface area (Å²) in [6.45, 7) is 1.51. The normalized spacial score (nSPS) is 13.6. The maximum Gasteiger partial charge on any atom is 0.327 e. The van der Waals surface area contributed by atoms with Gasteiger partial charge in [-0.2, -0.15) is 0 Å². The number of carbonyl (C=O) groups is 6. The van der Waals surface area contributed by atoms with Crippen LogP contribution in [0.3, 0.4) is 0 Å². The topological polar surface area (TPSA) is 224 Å². The fourth-order valence-corrected chi connectivity index (χ4v) is 5.08. The molecule has 2 rings (SSSR count). The highest BCUT2D eigenvalue weighted by Crippen LogP contribution is 2.29. The summed E-state index contributed by atoms with van der Waals surface area (Å²) in [6.07, 6.45) is 8.82. The fraction of sp³-hybridized carbons (Fsp3) is 0.238. The van der Waals surface area contributed by atoms with Gasteiger partial charge in [0, 0.05) is 23.2 Å². The number of carboxylic acid groups (broad SMARTS) is 2. The Hall–Kier alpha value is -4.18. The molecule has 0 spiro atoms. The van der Waals surface area contributed by atoms with Crippen LogP contribution in [0.25, 0.3) is 0 Å². The average Bonchev–Trinajstić information content (AvgIpc) is 3.58. The van der Waals surface area contributed by atoms with Gasteiger partial charge in [-0.3, -0.25) is 19.2 Å². The Morgan fingerprint density at radius 2 is 1.38 bits per heavy atom. The summed E-state index contributed by atoms with van der Waals surface area (Å²) in [5.41, 5.74) is 0.305. The molecule has 14 nitrogen and oxygen atoms in total. The van der Waals surface area contributed by atoms with Gasteiger partial charge in [0.25, 0.3) is 0 Å². The first-order valence-electron chi connectivity index (χ1n) is 10.3. The van der Waals surface area contributed by atoms with E-state index in [9.17, 15) is 39.0 Å². The second kappa shape index (κ2) is 14.4. The quantitative estimate of drug-likeness (QED) is 0.0995. The summed E-state index contributed by atoms with van der Waals surface area (Å²) in [6, 6.07) is -2.69. The minimum absolute atomic E-state index is 0.142. The first kappa shape index (κ1) is 29.1. The summed E-state index contributed by atoms with van der Waals surface area (Å²) < 4.78 is 0. The molecule has 0 aromatic carbocycles. The number of nitrogens with zero attached hydrogens (tertiary/aromatic N) is 2. The van der Waals surface area contributed by atoms with E-state index in [2.05, 4.69) is 30.6 Å². The van der Waals surface area contributed by atoms with Crippen molar-refractivity contribution in [2.24, 2.45) is 0 Å². The van der Waals surface area contributed by atoms with Gasteiger partial charge in [0.1, 0.15) is 23.5 Å². The van der Waals surface area contributed by atoms with Crippen molar-refractivity contribution in [3.8, 4) is 0 Å². The van der Waals surface area contributed by atoms with Gasteiger partial charge in [-0.05, 0) is 19.1 Å². The first-order chi connectivity index (χ1) is 17.6. The van der Waals surface area contributed by atoms with E-state index in [0.29, 0.717) is 0 Å². The number of amides is 2. The summed E-state index contributed by atoms with van der Waals surface area (Å²) in [4.78, 5) is 83.5. The molecule has 37 heavy (non-hydrogen) atoms. The molecular formula is C21H22N6O8S2. The van der Waals surface area contributed by atoms with Crippen LogP contribution in [-0.2, 0) is 19.2 Å². The number of hydrogen-bond acceptors (Lipinski definition) is 10. The van der Waals surface area contributed by atoms with Gasteiger partial charge >= 0.3 is 11.9 Å². The first-order valence-corrected chi connectivity index (χ1v) is 12.7. The molecule has 2 aromatic heterocycles. The molecule has 0 saturated heterocycles. The number of nitrogens with one attached hydrogen (secondary N) is 4. The zero-order valence-corrected chi connectivity index (χ0v) is 20.7. The van der Waals surface area contributed by atoms with E-state index in [1.54, 1.807) is 0 Å². The van der Waals surface area contributed by atoms with Crippen molar-refractivity contribution >= 4 is 56.9 Å². The molecule has 2 heterocycles. The number of H-pyrrole nitrogens is 2. The van der Waals surface area contributed by atoms with Crippen molar-refractivity contribution in [1.29, 1.82) is 0 Å². The molecule has 196 valence electrons. The molecule has 16 heteroatoms. The highest BCUT2D eigenvalue weighted by molar-refractivity contribution is 8.77. The van der Waals surface area contributed by atoms with Crippen molar-refractivity contribution in [3.05, 3.63) is 60.7 Å². The number of imidazole rings is 2. The average molecular weight is 551 g/mol. The Balaban J connectivity index is 1.85. The molecule has 0 aliphatic heterocycles. The van der Waals surface area contributed by atoms with Crippen LogP contribution in [0.1, 0.15) is 27.9 Å². The van der Waals surface area contributed by atoms with Crippen LogP contribution in [-0.4, -0.2) is 88.6 Å². The number of aromatic nitrogens is 4.